The molecule has 21 heavy (non-hydrogen) atoms. The van der Waals surface area contributed by atoms with Crippen LogP contribution in [0.2, 0.25) is 0 Å². The Balaban J connectivity index is 2.05. The van der Waals surface area contributed by atoms with Crippen LogP contribution in [0, 0.1) is 6.92 Å². The Morgan fingerprint density at radius 1 is 1.29 bits per heavy atom. The normalized spacial score (nSPS) is 11.4. The fraction of sp³-hybridized carbons (Fsp3) is 0.214. The van der Waals surface area contributed by atoms with Crippen molar-refractivity contribution in [1.82, 2.24) is 0 Å². The third-order valence-electron chi connectivity index (χ3n) is 2.81. The summed E-state index contributed by atoms with van der Waals surface area (Å²) in [4.78, 5) is 10.7. The maximum absolute atomic E-state index is 12.4. The Bertz CT molecular complexity index is 641. The molecule has 1 aromatic carbocycles. The van der Waals surface area contributed by atoms with E-state index < -0.39 is 17.7 Å². The smallest absolute Gasteiger partial charge is 0.416 e. The molecule has 2 aromatic rings. The number of carboxylic acid groups (broad SMARTS) is 1. The van der Waals surface area contributed by atoms with Gasteiger partial charge in [-0.2, -0.15) is 13.2 Å². The van der Waals surface area contributed by atoms with Crippen LogP contribution in [0.5, 0.6) is 5.75 Å². The number of aromatic carboxylic acids is 1. The number of carbonyl (C=O) groups is 1. The summed E-state index contributed by atoms with van der Waals surface area (Å²) in [7, 11) is 0. The number of hydrogen-bond donors (Lipinski definition) is 1. The third kappa shape index (κ3) is 3.56. The monoisotopic (exact) mass is 300 g/mol. The van der Waals surface area contributed by atoms with Gasteiger partial charge < -0.3 is 14.3 Å². The van der Waals surface area contributed by atoms with E-state index in [1.54, 1.807) is 6.92 Å². The quantitative estimate of drug-likeness (QED) is 0.930. The first-order valence-corrected chi connectivity index (χ1v) is 5.90. The van der Waals surface area contributed by atoms with Gasteiger partial charge in [-0.3, -0.25) is 0 Å². The molecule has 0 aliphatic rings. The van der Waals surface area contributed by atoms with E-state index in [1.165, 1.54) is 18.2 Å². The molecule has 0 spiro atoms. The van der Waals surface area contributed by atoms with E-state index in [4.69, 9.17) is 14.3 Å². The first-order valence-electron chi connectivity index (χ1n) is 5.90. The van der Waals surface area contributed by atoms with Gasteiger partial charge in [0.05, 0.1) is 5.56 Å². The zero-order valence-corrected chi connectivity index (χ0v) is 10.9. The molecular weight excluding hydrogens is 289 g/mol. The zero-order valence-electron chi connectivity index (χ0n) is 10.9. The topological polar surface area (TPSA) is 59.7 Å². The minimum atomic E-state index is -4.39. The number of ether oxygens (including phenoxy) is 1. The average molecular weight is 300 g/mol. The highest BCUT2D eigenvalue weighted by Crippen LogP contribution is 2.30. The first-order chi connectivity index (χ1) is 9.77. The molecule has 112 valence electrons. The summed E-state index contributed by atoms with van der Waals surface area (Å²) in [6, 6.07) is 5.56. The van der Waals surface area contributed by atoms with Crippen molar-refractivity contribution in [2.45, 2.75) is 19.7 Å². The zero-order chi connectivity index (χ0) is 15.6. The Labute approximate surface area is 117 Å². The van der Waals surface area contributed by atoms with E-state index in [-0.39, 0.29) is 18.1 Å². The molecule has 0 fully saturated rings. The van der Waals surface area contributed by atoms with Crippen LogP contribution in [0.15, 0.2) is 34.7 Å². The molecule has 0 aliphatic carbocycles. The van der Waals surface area contributed by atoms with Gasteiger partial charge in [-0.25, -0.2) is 4.79 Å². The van der Waals surface area contributed by atoms with Crippen LogP contribution in [-0.2, 0) is 12.8 Å². The number of benzene rings is 1. The van der Waals surface area contributed by atoms with E-state index in [1.807, 2.05) is 0 Å². The molecule has 1 N–H and O–H groups in total. The minimum absolute atomic E-state index is 0.00791. The molecule has 0 aliphatic heterocycles. The van der Waals surface area contributed by atoms with E-state index >= 15 is 0 Å². The van der Waals surface area contributed by atoms with Gasteiger partial charge in [-0.1, -0.05) is 0 Å². The van der Waals surface area contributed by atoms with Crippen LogP contribution < -0.4 is 4.74 Å². The number of alkyl halides is 3. The lowest BCUT2D eigenvalue weighted by Gasteiger charge is -2.08. The highest BCUT2D eigenvalue weighted by molar-refractivity contribution is 5.84. The molecular formula is C14H11F3O4. The van der Waals surface area contributed by atoms with Crippen molar-refractivity contribution in [3.63, 3.8) is 0 Å². The molecule has 7 heteroatoms. The van der Waals surface area contributed by atoms with Gasteiger partial charge in [0.1, 0.15) is 18.1 Å². The van der Waals surface area contributed by atoms with Crippen LogP contribution in [0.4, 0.5) is 13.2 Å². The summed E-state index contributed by atoms with van der Waals surface area (Å²) in [5.74, 6) is -0.766. The Morgan fingerprint density at radius 3 is 2.38 bits per heavy atom. The second-order valence-corrected chi connectivity index (χ2v) is 4.31. The van der Waals surface area contributed by atoms with Gasteiger partial charge in [0, 0.05) is 5.56 Å². The van der Waals surface area contributed by atoms with Gasteiger partial charge in [0.15, 0.2) is 0 Å². The summed E-state index contributed by atoms with van der Waals surface area (Å²) in [6.07, 6.45) is -4.39. The lowest BCUT2D eigenvalue weighted by atomic mass is 10.2. The maximum atomic E-state index is 12.4. The van der Waals surface area contributed by atoms with Gasteiger partial charge >= 0.3 is 12.1 Å². The summed E-state index contributed by atoms with van der Waals surface area (Å²) in [5.41, 5.74) is -0.241. The van der Waals surface area contributed by atoms with Crippen molar-refractivity contribution < 1.29 is 32.2 Å². The highest BCUT2D eigenvalue weighted by Gasteiger charge is 2.30. The molecule has 0 bridgehead atoms. The Hall–Kier alpha value is -2.44. The number of hydrogen-bond acceptors (Lipinski definition) is 3. The van der Waals surface area contributed by atoms with E-state index in [0.29, 0.717) is 11.3 Å². The van der Waals surface area contributed by atoms with E-state index in [0.717, 1.165) is 12.1 Å². The van der Waals surface area contributed by atoms with Crippen molar-refractivity contribution in [3.05, 3.63) is 53.0 Å². The molecule has 0 amide bonds. The van der Waals surface area contributed by atoms with Gasteiger partial charge in [0.2, 0.25) is 5.76 Å². The second-order valence-electron chi connectivity index (χ2n) is 4.31. The number of furan rings is 1. The third-order valence-corrected chi connectivity index (χ3v) is 2.81. The molecule has 0 unspecified atom stereocenters. The Kier molecular flexibility index (Phi) is 3.93. The fourth-order valence-corrected chi connectivity index (χ4v) is 1.67. The predicted molar refractivity (Wildman–Crippen MR) is 66.2 cm³/mol. The SMILES string of the molecule is Cc1oc(C(=O)O)cc1COc1ccc(C(F)(F)F)cc1. The van der Waals surface area contributed by atoms with Crippen molar-refractivity contribution >= 4 is 5.97 Å². The summed E-state index contributed by atoms with van der Waals surface area (Å²) >= 11 is 0. The molecule has 4 nitrogen and oxygen atoms in total. The Morgan fingerprint density at radius 2 is 1.90 bits per heavy atom. The van der Waals surface area contributed by atoms with Crippen molar-refractivity contribution in [2.24, 2.45) is 0 Å². The minimum Gasteiger partial charge on any atom is -0.489 e. The van der Waals surface area contributed by atoms with E-state index in [9.17, 15) is 18.0 Å². The molecule has 1 heterocycles. The van der Waals surface area contributed by atoms with Crippen molar-refractivity contribution in [2.75, 3.05) is 0 Å². The van der Waals surface area contributed by atoms with Gasteiger partial charge in [0.25, 0.3) is 0 Å². The molecule has 0 saturated heterocycles. The number of carboxylic acids is 1. The van der Waals surface area contributed by atoms with Gasteiger partial charge in [-0.05, 0) is 37.3 Å². The lowest BCUT2D eigenvalue weighted by Crippen LogP contribution is -2.04. The van der Waals surface area contributed by atoms with E-state index in [2.05, 4.69) is 0 Å². The molecule has 0 atom stereocenters. The van der Waals surface area contributed by atoms with Crippen LogP contribution in [0.1, 0.15) is 27.4 Å². The van der Waals surface area contributed by atoms with Crippen LogP contribution in [0.3, 0.4) is 0 Å². The van der Waals surface area contributed by atoms with Crippen LogP contribution in [-0.4, -0.2) is 11.1 Å². The van der Waals surface area contributed by atoms with Crippen LogP contribution in [0.25, 0.3) is 0 Å². The standard InChI is InChI=1S/C14H11F3O4/c1-8-9(6-12(21-8)13(18)19)7-20-11-4-2-10(3-5-11)14(15,16)17/h2-6H,7H2,1H3,(H,18,19). The van der Waals surface area contributed by atoms with Gasteiger partial charge in [-0.15, -0.1) is 0 Å². The second kappa shape index (κ2) is 5.51. The lowest BCUT2D eigenvalue weighted by molar-refractivity contribution is -0.137. The average Bonchev–Trinajstić information content (AvgIpc) is 2.77. The summed E-state index contributed by atoms with van der Waals surface area (Å²) < 4.78 is 47.5. The predicted octanol–water partition coefficient (Wildman–Crippen LogP) is 3.88. The molecule has 2 rings (SSSR count). The summed E-state index contributed by atoms with van der Waals surface area (Å²) in [6.45, 7) is 1.59. The number of halogens is 3. The molecule has 0 radical (unpaired) electrons. The van der Waals surface area contributed by atoms with Crippen molar-refractivity contribution in [3.8, 4) is 5.75 Å². The first kappa shape index (κ1) is 15.0. The number of rotatable bonds is 4. The largest absolute Gasteiger partial charge is 0.489 e. The highest BCUT2D eigenvalue weighted by atomic mass is 19.4. The molecule has 0 saturated carbocycles. The fourth-order valence-electron chi connectivity index (χ4n) is 1.67. The van der Waals surface area contributed by atoms with Crippen molar-refractivity contribution in [1.29, 1.82) is 0 Å². The molecule has 1 aromatic heterocycles. The van der Waals surface area contributed by atoms with Crippen LogP contribution >= 0.6 is 0 Å². The summed E-state index contributed by atoms with van der Waals surface area (Å²) in [5, 5.41) is 8.77. The maximum Gasteiger partial charge on any atom is 0.416 e. The number of aryl methyl sites for hydroxylation is 1.